The van der Waals surface area contributed by atoms with Crippen LogP contribution < -0.4 is 10.1 Å². The SMILES string of the molecule is COc1ccc(C2(C(=O)NCc3cc4cc(F)ccc4[nH]3)CCCC2)cc1. The van der Waals surface area contributed by atoms with Gasteiger partial charge in [-0.25, -0.2) is 4.39 Å². The molecular weight excluding hydrogens is 343 g/mol. The Balaban J connectivity index is 1.53. The fourth-order valence-corrected chi connectivity index (χ4v) is 4.14. The van der Waals surface area contributed by atoms with Gasteiger partial charge in [-0.15, -0.1) is 0 Å². The summed E-state index contributed by atoms with van der Waals surface area (Å²) in [5, 5.41) is 3.90. The first-order valence-corrected chi connectivity index (χ1v) is 9.31. The van der Waals surface area contributed by atoms with E-state index in [4.69, 9.17) is 4.74 Å². The number of H-pyrrole nitrogens is 1. The van der Waals surface area contributed by atoms with Gasteiger partial charge >= 0.3 is 0 Å². The third-order valence-electron chi connectivity index (χ3n) is 5.61. The zero-order valence-corrected chi connectivity index (χ0v) is 15.3. The van der Waals surface area contributed by atoms with E-state index in [1.807, 2.05) is 30.3 Å². The van der Waals surface area contributed by atoms with Crippen molar-refractivity contribution < 1.29 is 13.9 Å². The fraction of sp³-hybridized carbons (Fsp3) is 0.318. The summed E-state index contributed by atoms with van der Waals surface area (Å²) in [7, 11) is 1.64. The lowest BCUT2D eigenvalue weighted by atomic mass is 9.78. The molecule has 1 aliphatic carbocycles. The summed E-state index contributed by atoms with van der Waals surface area (Å²) in [4.78, 5) is 16.4. The summed E-state index contributed by atoms with van der Waals surface area (Å²) in [6.07, 6.45) is 3.79. The van der Waals surface area contributed by atoms with Crippen molar-refractivity contribution in [2.24, 2.45) is 0 Å². The van der Waals surface area contributed by atoms with E-state index >= 15 is 0 Å². The van der Waals surface area contributed by atoms with Crippen molar-refractivity contribution in [2.45, 2.75) is 37.6 Å². The number of hydrogen-bond donors (Lipinski definition) is 2. The van der Waals surface area contributed by atoms with Gasteiger partial charge in [0.15, 0.2) is 0 Å². The van der Waals surface area contributed by atoms with Crippen LogP contribution in [0.15, 0.2) is 48.5 Å². The highest BCUT2D eigenvalue weighted by Gasteiger charge is 2.42. The molecule has 0 radical (unpaired) electrons. The number of rotatable bonds is 5. The van der Waals surface area contributed by atoms with Crippen LogP contribution >= 0.6 is 0 Å². The second kappa shape index (κ2) is 7.06. The number of aromatic nitrogens is 1. The molecule has 27 heavy (non-hydrogen) atoms. The van der Waals surface area contributed by atoms with Gasteiger partial charge in [0.2, 0.25) is 5.91 Å². The van der Waals surface area contributed by atoms with E-state index in [9.17, 15) is 9.18 Å². The summed E-state index contributed by atoms with van der Waals surface area (Å²) < 4.78 is 18.6. The maximum atomic E-state index is 13.4. The highest BCUT2D eigenvalue weighted by Crippen LogP contribution is 2.41. The number of carbonyl (C=O) groups excluding carboxylic acids is 1. The lowest BCUT2D eigenvalue weighted by Crippen LogP contribution is -2.42. The van der Waals surface area contributed by atoms with Gasteiger partial charge in [-0.1, -0.05) is 25.0 Å². The van der Waals surface area contributed by atoms with E-state index in [2.05, 4.69) is 10.3 Å². The van der Waals surface area contributed by atoms with Crippen LogP contribution in [-0.2, 0) is 16.8 Å². The first-order valence-electron chi connectivity index (χ1n) is 9.31. The first-order chi connectivity index (χ1) is 13.1. The highest BCUT2D eigenvalue weighted by atomic mass is 19.1. The molecular formula is C22H23FN2O2. The highest BCUT2D eigenvalue weighted by molar-refractivity contribution is 5.89. The molecule has 1 fully saturated rings. The number of benzene rings is 2. The number of halogens is 1. The Bertz CT molecular complexity index is 956. The van der Waals surface area contributed by atoms with Crippen molar-refractivity contribution >= 4 is 16.8 Å². The second-order valence-electron chi connectivity index (χ2n) is 7.23. The van der Waals surface area contributed by atoms with Crippen LogP contribution in [0.3, 0.4) is 0 Å². The molecule has 1 heterocycles. The second-order valence-corrected chi connectivity index (χ2v) is 7.23. The van der Waals surface area contributed by atoms with Crippen molar-refractivity contribution in [3.8, 4) is 5.75 Å². The number of amides is 1. The van der Waals surface area contributed by atoms with Gasteiger partial charge in [-0.3, -0.25) is 4.79 Å². The van der Waals surface area contributed by atoms with Crippen molar-refractivity contribution in [2.75, 3.05) is 7.11 Å². The number of aromatic amines is 1. The van der Waals surface area contributed by atoms with Crippen LogP contribution in [0, 0.1) is 5.82 Å². The predicted molar refractivity (Wildman–Crippen MR) is 103 cm³/mol. The van der Waals surface area contributed by atoms with Crippen LogP contribution in [-0.4, -0.2) is 18.0 Å². The van der Waals surface area contributed by atoms with E-state index in [1.165, 1.54) is 12.1 Å². The molecule has 0 bridgehead atoms. The topological polar surface area (TPSA) is 54.1 Å². The molecule has 1 saturated carbocycles. The van der Waals surface area contributed by atoms with E-state index in [-0.39, 0.29) is 11.7 Å². The number of nitrogens with one attached hydrogen (secondary N) is 2. The lowest BCUT2D eigenvalue weighted by Gasteiger charge is -2.28. The van der Waals surface area contributed by atoms with E-state index < -0.39 is 5.41 Å². The molecule has 5 heteroatoms. The Morgan fingerprint density at radius 1 is 1.15 bits per heavy atom. The van der Waals surface area contributed by atoms with Gasteiger partial charge in [0.25, 0.3) is 0 Å². The van der Waals surface area contributed by atoms with Crippen molar-refractivity contribution in [1.29, 1.82) is 0 Å². The van der Waals surface area contributed by atoms with Crippen LogP contribution in [0.4, 0.5) is 4.39 Å². The van der Waals surface area contributed by atoms with Crippen molar-refractivity contribution in [3.63, 3.8) is 0 Å². The molecule has 0 atom stereocenters. The minimum Gasteiger partial charge on any atom is -0.497 e. The van der Waals surface area contributed by atoms with Gasteiger partial charge in [0, 0.05) is 16.6 Å². The van der Waals surface area contributed by atoms with E-state index in [0.717, 1.165) is 53.6 Å². The van der Waals surface area contributed by atoms with E-state index in [0.29, 0.717) is 6.54 Å². The van der Waals surface area contributed by atoms with Gasteiger partial charge in [-0.05, 0) is 54.8 Å². The number of ether oxygens (including phenoxy) is 1. The summed E-state index contributed by atoms with van der Waals surface area (Å²) in [5.74, 6) is 0.578. The molecule has 1 amide bonds. The minimum absolute atomic E-state index is 0.0509. The average Bonchev–Trinajstić information content (AvgIpc) is 3.33. The van der Waals surface area contributed by atoms with Crippen LogP contribution in [0.2, 0.25) is 0 Å². The molecule has 0 unspecified atom stereocenters. The Morgan fingerprint density at radius 3 is 2.59 bits per heavy atom. The molecule has 3 aromatic rings. The fourth-order valence-electron chi connectivity index (χ4n) is 4.14. The molecule has 0 aliphatic heterocycles. The normalized spacial score (nSPS) is 15.8. The van der Waals surface area contributed by atoms with Gasteiger partial charge in [0.1, 0.15) is 11.6 Å². The molecule has 2 N–H and O–H groups in total. The Morgan fingerprint density at radius 2 is 1.89 bits per heavy atom. The third kappa shape index (κ3) is 3.29. The first kappa shape index (κ1) is 17.6. The summed E-state index contributed by atoms with van der Waals surface area (Å²) in [6, 6.07) is 14.3. The summed E-state index contributed by atoms with van der Waals surface area (Å²) in [5.41, 5.74) is 2.29. The molecule has 2 aromatic carbocycles. The Hall–Kier alpha value is -2.82. The molecule has 0 spiro atoms. The van der Waals surface area contributed by atoms with Gasteiger partial charge < -0.3 is 15.0 Å². The minimum atomic E-state index is -0.482. The number of hydrogen-bond acceptors (Lipinski definition) is 2. The maximum Gasteiger partial charge on any atom is 0.230 e. The van der Waals surface area contributed by atoms with Crippen molar-refractivity contribution in [1.82, 2.24) is 10.3 Å². The molecule has 0 saturated heterocycles. The Kier molecular flexibility index (Phi) is 4.60. The third-order valence-corrected chi connectivity index (χ3v) is 5.61. The van der Waals surface area contributed by atoms with Gasteiger partial charge in [0.05, 0.1) is 19.1 Å². The molecule has 1 aliphatic rings. The lowest BCUT2D eigenvalue weighted by molar-refractivity contribution is -0.126. The van der Waals surface area contributed by atoms with Crippen LogP contribution in [0.1, 0.15) is 36.9 Å². The maximum absolute atomic E-state index is 13.4. The number of methoxy groups -OCH3 is 1. The monoisotopic (exact) mass is 366 g/mol. The molecule has 140 valence electrons. The zero-order chi connectivity index (χ0) is 18.9. The predicted octanol–water partition coefficient (Wildman–Crippen LogP) is 4.44. The Labute approximate surface area is 157 Å². The van der Waals surface area contributed by atoms with Crippen LogP contribution in [0.25, 0.3) is 10.9 Å². The summed E-state index contributed by atoms with van der Waals surface area (Å²) >= 11 is 0. The zero-order valence-electron chi connectivity index (χ0n) is 15.3. The number of carbonyl (C=O) groups is 1. The molecule has 1 aromatic heterocycles. The standard InChI is InChI=1S/C22H23FN2O2/c1-27-19-7-4-16(5-8-19)22(10-2-3-11-22)21(26)24-14-18-13-15-12-17(23)6-9-20(15)25-18/h4-9,12-13,25H,2-3,10-11,14H2,1H3,(H,24,26). The quantitative estimate of drug-likeness (QED) is 0.701. The molecule has 4 nitrogen and oxygen atoms in total. The largest absolute Gasteiger partial charge is 0.497 e. The molecule has 4 rings (SSSR count). The summed E-state index contributed by atoms with van der Waals surface area (Å²) in [6.45, 7) is 0.396. The van der Waals surface area contributed by atoms with Crippen molar-refractivity contribution in [3.05, 3.63) is 65.6 Å². The van der Waals surface area contributed by atoms with Crippen LogP contribution in [0.5, 0.6) is 5.75 Å². The smallest absolute Gasteiger partial charge is 0.230 e. The number of fused-ring (bicyclic) bond motifs is 1. The van der Waals surface area contributed by atoms with E-state index in [1.54, 1.807) is 13.2 Å². The average molecular weight is 366 g/mol. The van der Waals surface area contributed by atoms with Gasteiger partial charge in [-0.2, -0.15) is 0 Å².